The van der Waals surface area contributed by atoms with E-state index in [9.17, 15) is 0 Å². The van der Waals surface area contributed by atoms with Crippen molar-refractivity contribution in [2.75, 3.05) is 6.54 Å². The van der Waals surface area contributed by atoms with Gasteiger partial charge in [-0.2, -0.15) is 0 Å². The maximum atomic E-state index is 5.76. The zero-order valence-corrected chi connectivity index (χ0v) is 12.7. The maximum absolute atomic E-state index is 5.76. The van der Waals surface area contributed by atoms with E-state index in [1.54, 1.807) is 0 Å². The van der Waals surface area contributed by atoms with Gasteiger partial charge in [-0.25, -0.2) is 4.98 Å². The van der Waals surface area contributed by atoms with Crippen LogP contribution in [0.5, 0.6) is 0 Å². The summed E-state index contributed by atoms with van der Waals surface area (Å²) in [7, 11) is 0. The molecule has 1 aromatic rings. The first kappa shape index (κ1) is 14.3. The SMILES string of the molecule is CC(C)NC(N)=NCCCc1nc2c(s1)CCCC2. The van der Waals surface area contributed by atoms with Gasteiger partial charge in [-0.15, -0.1) is 11.3 Å². The number of thiazole rings is 1. The van der Waals surface area contributed by atoms with E-state index in [0.717, 1.165) is 19.4 Å². The third-order valence-corrected chi connectivity index (χ3v) is 4.37. The molecule has 0 saturated heterocycles. The van der Waals surface area contributed by atoms with E-state index in [-0.39, 0.29) is 0 Å². The van der Waals surface area contributed by atoms with E-state index >= 15 is 0 Å². The molecular formula is C14H24N4S. The molecule has 0 atom stereocenters. The van der Waals surface area contributed by atoms with Crippen molar-refractivity contribution in [1.82, 2.24) is 10.3 Å². The minimum atomic E-state index is 0.342. The van der Waals surface area contributed by atoms with Crippen molar-refractivity contribution in [1.29, 1.82) is 0 Å². The molecule has 4 nitrogen and oxygen atoms in total. The van der Waals surface area contributed by atoms with Crippen molar-refractivity contribution in [3.63, 3.8) is 0 Å². The van der Waals surface area contributed by atoms with Crippen LogP contribution in [0, 0.1) is 0 Å². The van der Waals surface area contributed by atoms with Crippen LogP contribution in [-0.2, 0) is 19.3 Å². The van der Waals surface area contributed by atoms with Gasteiger partial charge in [0, 0.05) is 23.9 Å². The molecule has 0 saturated carbocycles. The van der Waals surface area contributed by atoms with E-state index in [2.05, 4.69) is 24.2 Å². The minimum absolute atomic E-state index is 0.342. The van der Waals surface area contributed by atoms with Crippen molar-refractivity contribution in [3.8, 4) is 0 Å². The Labute approximate surface area is 119 Å². The molecule has 3 N–H and O–H groups in total. The molecule has 0 amide bonds. The number of guanidine groups is 1. The Kier molecular flexibility index (Phi) is 5.19. The Bertz CT molecular complexity index is 413. The van der Waals surface area contributed by atoms with Crippen LogP contribution in [0.15, 0.2) is 4.99 Å². The summed E-state index contributed by atoms with van der Waals surface area (Å²) < 4.78 is 0. The van der Waals surface area contributed by atoms with Gasteiger partial charge < -0.3 is 11.1 Å². The highest BCUT2D eigenvalue weighted by molar-refractivity contribution is 7.11. The van der Waals surface area contributed by atoms with Crippen LogP contribution in [0.25, 0.3) is 0 Å². The van der Waals surface area contributed by atoms with E-state index in [0.29, 0.717) is 12.0 Å². The van der Waals surface area contributed by atoms with Crippen LogP contribution in [0.4, 0.5) is 0 Å². The average Bonchev–Trinajstić information content (AvgIpc) is 2.76. The number of fused-ring (bicyclic) bond motifs is 1. The molecule has 2 rings (SSSR count). The van der Waals surface area contributed by atoms with Crippen molar-refractivity contribution in [2.45, 2.75) is 58.4 Å². The number of aromatic nitrogens is 1. The lowest BCUT2D eigenvalue weighted by atomic mass is 10.0. The summed E-state index contributed by atoms with van der Waals surface area (Å²) in [4.78, 5) is 10.6. The van der Waals surface area contributed by atoms with Gasteiger partial charge in [0.1, 0.15) is 0 Å². The Balaban J connectivity index is 1.75. The highest BCUT2D eigenvalue weighted by Crippen LogP contribution is 2.27. The average molecular weight is 280 g/mol. The summed E-state index contributed by atoms with van der Waals surface area (Å²) in [5.74, 6) is 0.549. The highest BCUT2D eigenvalue weighted by Gasteiger charge is 2.14. The fraction of sp³-hybridized carbons (Fsp3) is 0.714. The number of aliphatic imine (C=N–C) groups is 1. The molecule has 5 heteroatoms. The van der Waals surface area contributed by atoms with Crippen LogP contribution in [0.1, 0.15) is 48.7 Å². The summed E-state index contributed by atoms with van der Waals surface area (Å²) in [6, 6.07) is 0.342. The van der Waals surface area contributed by atoms with Crippen LogP contribution in [-0.4, -0.2) is 23.5 Å². The van der Waals surface area contributed by atoms with Gasteiger partial charge in [0.15, 0.2) is 5.96 Å². The third kappa shape index (κ3) is 4.49. The van der Waals surface area contributed by atoms with E-state index in [1.165, 1.54) is 41.3 Å². The number of nitrogens with one attached hydrogen (secondary N) is 1. The Morgan fingerprint density at radius 2 is 2.21 bits per heavy atom. The first-order chi connectivity index (χ1) is 9.15. The third-order valence-electron chi connectivity index (χ3n) is 3.16. The molecule has 0 fully saturated rings. The largest absolute Gasteiger partial charge is 0.370 e. The standard InChI is InChI=1S/C14H24N4S/c1-10(2)17-14(15)16-9-5-8-13-18-11-6-3-4-7-12(11)19-13/h10H,3-9H2,1-2H3,(H3,15,16,17). The minimum Gasteiger partial charge on any atom is -0.370 e. The molecule has 106 valence electrons. The lowest BCUT2D eigenvalue weighted by Gasteiger charge is -2.07. The van der Waals surface area contributed by atoms with E-state index in [1.807, 2.05) is 11.3 Å². The van der Waals surface area contributed by atoms with Crippen molar-refractivity contribution < 1.29 is 0 Å². The Morgan fingerprint density at radius 1 is 1.42 bits per heavy atom. The molecule has 0 radical (unpaired) electrons. The first-order valence-corrected chi connectivity index (χ1v) is 8.00. The molecule has 0 aliphatic heterocycles. The lowest BCUT2D eigenvalue weighted by Crippen LogP contribution is -2.36. The van der Waals surface area contributed by atoms with E-state index < -0.39 is 0 Å². The van der Waals surface area contributed by atoms with Gasteiger partial charge in [-0.05, 0) is 46.0 Å². The summed E-state index contributed by atoms with van der Waals surface area (Å²) in [6.07, 6.45) is 7.09. The molecular weight excluding hydrogens is 256 g/mol. The maximum Gasteiger partial charge on any atom is 0.188 e. The molecule has 1 heterocycles. The van der Waals surface area contributed by atoms with Gasteiger partial charge in [0.05, 0.1) is 10.7 Å². The number of hydrogen-bond donors (Lipinski definition) is 2. The molecule has 0 unspecified atom stereocenters. The topological polar surface area (TPSA) is 63.3 Å². The van der Waals surface area contributed by atoms with Crippen LogP contribution >= 0.6 is 11.3 Å². The monoisotopic (exact) mass is 280 g/mol. The second-order valence-corrected chi connectivity index (χ2v) is 6.52. The second kappa shape index (κ2) is 6.89. The van der Waals surface area contributed by atoms with Crippen molar-refractivity contribution >= 4 is 17.3 Å². The summed E-state index contributed by atoms with van der Waals surface area (Å²) >= 11 is 1.90. The number of rotatable bonds is 5. The Morgan fingerprint density at radius 3 is 2.95 bits per heavy atom. The number of hydrogen-bond acceptors (Lipinski definition) is 3. The van der Waals surface area contributed by atoms with Crippen LogP contribution in [0.2, 0.25) is 0 Å². The molecule has 0 bridgehead atoms. The van der Waals surface area contributed by atoms with Gasteiger partial charge in [-0.1, -0.05) is 0 Å². The zero-order valence-electron chi connectivity index (χ0n) is 11.9. The quantitative estimate of drug-likeness (QED) is 0.494. The van der Waals surface area contributed by atoms with Gasteiger partial charge in [0.2, 0.25) is 0 Å². The molecule has 1 aromatic heterocycles. The van der Waals surface area contributed by atoms with E-state index in [4.69, 9.17) is 10.7 Å². The number of nitrogens with two attached hydrogens (primary N) is 1. The predicted molar refractivity (Wildman–Crippen MR) is 81.8 cm³/mol. The zero-order chi connectivity index (χ0) is 13.7. The summed E-state index contributed by atoms with van der Waals surface area (Å²) in [5, 5.41) is 4.37. The Hall–Kier alpha value is -1.10. The van der Waals surface area contributed by atoms with Crippen molar-refractivity contribution in [2.24, 2.45) is 10.7 Å². The molecule has 0 spiro atoms. The predicted octanol–water partition coefficient (Wildman–Crippen LogP) is 2.27. The summed E-state index contributed by atoms with van der Waals surface area (Å²) in [6.45, 7) is 4.89. The molecule has 1 aliphatic carbocycles. The first-order valence-electron chi connectivity index (χ1n) is 7.19. The van der Waals surface area contributed by atoms with Gasteiger partial charge in [0.25, 0.3) is 0 Å². The van der Waals surface area contributed by atoms with Crippen LogP contribution in [0.3, 0.4) is 0 Å². The molecule has 19 heavy (non-hydrogen) atoms. The number of aryl methyl sites for hydroxylation is 3. The fourth-order valence-corrected chi connectivity index (χ4v) is 3.48. The smallest absolute Gasteiger partial charge is 0.188 e. The summed E-state index contributed by atoms with van der Waals surface area (Å²) in [5.41, 5.74) is 7.12. The van der Waals surface area contributed by atoms with Crippen molar-refractivity contribution in [3.05, 3.63) is 15.6 Å². The highest BCUT2D eigenvalue weighted by atomic mass is 32.1. The second-order valence-electron chi connectivity index (χ2n) is 5.35. The van der Waals surface area contributed by atoms with Gasteiger partial charge in [-0.3, -0.25) is 4.99 Å². The molecule has 0 aromatic carbocycles. The lowest BCUT2D eigenvalue weighted by molar-refractivity contribution is 0.679. The van der Waals surface area contributed by atoms with Gasteiger partial charge >= 0.3 is 0 Å². The number of nitrogens with zero attached hydrogens (tertiary/aromatic N) is 2. The normalized spacial score (nSPS) is 15.6. The fourth-order valence-electron chi connectivity index (χ4n) is 2.28. The van der Waals surface area contributed by atoms with Crippen LogP contribution < -0.4 is 11.1 Å². The molecule has 1 aliphatic rings.